The second-order valence-corrected chi connectivity index (χ2v) is 4.08. The summed E-state index contributed by atoms with van der Waals surface area (Å²) in [6.45, 7) is 0.882. The Hall–Kier alpha value is -1.88. The Kier molecular flexibility index (Phi) is 5.32. The van der Waals surface area contributed by atoms with Gasteiger partial charge >= 0.3 is 5.97 Å². The zero-order chi connectivity index (χ0) is 13.5. The lowest BCUT2D eigenvalue weighted by atomic mass is 10.1. The van der Waals surface area contributed by atoms with E-state index in [1.807, 2.05) is 12.1 Å². The Morgan fingerprint density at radius 3 is 2.33 bits per heavy atom. The van der Waals surface area contributed by atoms with Crippen LogP contribution in [0.15, 0.2) is 24.3 Å². The van der Waals surface area contributed by atoms with Crippen molar-refractivity contribution in [3.05, 3.63) is 35.4 Å². The molecule has 0 fully saturated rings. The van der Waals surface area contributed by atoms with Crippen molar-refractivity contribution < 1.29 is 14.3 Å². The molecule has 5 nitrogen and oxygen atoms in total. The maximum absolute atomic E-state index is 11.3. The highest BCUT2D eigenvalue weighted by molar-refractivity contribution is 5.89. The number of hydrogen-bond acceptors (Lipinski definition) is 4. The summed E-state index contributed by atoms with van der Waals surface area (Å²) >= 11 is 0. The lowest BCUT2D eigenvalue weighted by Crippen LogP contribution is -2.32. The molecule has 1 aromatic carbocycles. The Morgan fingerprint density at radius 1 is 1.22 bits per heavy atom. The summed E-state index contributed by atoms with van der Waals surface area (Å²) in [6.07, 6.45) is 0. The summed E-state index contributed by atoms with van der Waals surface area (Å²) in [5.41, 5.74) is 1.53. The molecule has 0 unspecified atom stereocenters. The van der Waals surface area contributed by atoms with Crippen LogP contribution < -0.4 is 5.32 Å². The third kappa shape index (κ3) is 4.18. The van der Waals surface area contributed by atoms with E-state index in [-0.39, 0.29) is 11.9 Å². The van der Waals surface area contributed by atoms with Gasteiger partial charge in [0.2, 0.25) is 5.91 Å². The standard InChI is InChI=1S/C13H18N2O3/c1-15(2)12(16)9-14-8-10-4-6-11(7-5-10)13(17)18-3/h4-7,14H,8-9H2,1-3H3. The Bertz CT molecular complexity index is 413. The summed E-state index contributed by atoms with van der Waals surface area (Å²) in [6, 6.07) is 7.08. The summed E-state index contributed by atoms with van der Waals surface area (Å²) in [5, 5.41) is 3.04. The van der Waals surface area contributed by atoms with Crippen LogP contribution in [0.3, 0.4) is 0 Å². The van der Waals surface area contributed by atoms with Crippen molar-refractivity contribution in [2.45, 2.75) is 6.54 Å². The first-order valence-corrected chi connectivity index (χ1v) is 5.62. The van der Waals surface area contributed by atoms with E-state index in [0.717, 1.165) is 5.56 Å². The average Bonchev–Trinajstić information content (AvgIpc) is 2.38. The third-order valence-corrected chi connectivity index (χ3v) is 2.48. The van der Waals surface area contributed by atoms with Gasteiger partial charge in [-0.1, -0.05) is 12.1 Å². The lowest BCUT2D eigenvalue weighted by molar-refractivity contribution is -0.127. The largest absolute Gasteiger partial charge is 0.465 e. The van der Waals surface area contributed by atoms with Gasteiger partial charge < -0.3 is 15.0 Å². The van der Waals surface area contributed by atoms with Crippen molar-refractivity contribution in [1.29, 1.82) is 0 Å². The quantitative estimate of drug-likeness (QED) is 0.780. The monoisotopic (exact) mass is 250 g/mol. The second kappa shape index (κ2) is 6.76. The van der Waals surface area contributed by atoms with Crippen molar-refractivity contribution in [2.24, 2.45) is 0 Å². The van der Waals surface area contributed by atoms with Gasteiger partial charge in [0.1, 0.15) is 0 Å². The number of esters is 1. The number of carbonyl (C=O) groups excluding carboxylic acids is 2. The summed E-state index contributed by atoms with van der Waals surface area (Å²) in [5.74, 6) is -0.321. The number of hydrogen-bond donors (Lipinski definition) is 1. The smallest absolute Gasteiger partial charge is 0.337 e. The molecule has 0 aliphatic carbocycles. The van der Waals surface area contributed by atoms with E-state index in [4.69, 9.17) is 0 Å². The van der Waals surface area contributed by atoms with Crippen LogP contribution in [0.25, 0.3) is 0 Å². The van der Waals surface area contributed by atoms with Gasteiger partial charge in [-0.3, -0.25) is 4.79 Å². The van der Waals surface area contributed by atoms with Gasteiger partial charge in [0.15, 0.2) is 0 Å². The molecule has 1 amide bonds. The van der Waals surface area contributed by atoms with E-state index in [1.165, 1.54) is 12.0 Å². The first-order valence-electron chi connectivity index (χ1n) is 5.62. The molecule has 5 heteroatoms. The van der Waals surface area contributed by atoms with Gasteiger partial charge in [0.25, 0.3) is 0 Å². The predicted molar refractivity (Wildman–Crippen MR) is 68.2 cm³/mol. The molecule has 0 aliphatic rings. The normalized spacial score (nSPS) is 9.94. The lowest BCUT2D eigenvalue weighted by Gasteiger charge is -2.11. The minimum absolute atomic E-state index is 0.0289. The fourth-order valence-corrected chi connectivity index (χ4v) is 1.35. The second-order valence-electron chi connectivity index (χ2n) is 4.08. The van der Waals surface area contributed by atoms with Gasteiger partial charge in [0.05, 0.1) is 19.2 Å². The molecular formula is C13H18N2O3. The Labute approximate surface area is 107 Å². The van der Waals surface area contributed by atoms with Gasteiger partial charge in [-0.15, -0.1) is 0 Å². The highest BCUT2D eigenvalue weighted by Gasteiger charge is 2.05. The SMILES string of the molecule is COC(=O)c1ccc(CNCC(=O)N(C)C)cc1. The summed E-state index contributed by atoms with van der Waals surface area (Å²) in [7, 11) is 4.79. The van der Waals surface area contributed by atoms with Crippen LogP contribution in [0, 0.1) is 0 Å². The Morgan fingerprint density at radius 2 is 1.83 bits per heavy atom. The number of nitrogens with zero attached hydrogens (tertiary/aromatic N) is 1. The highest BCUT2D eigenvalue weighted by atomic mass is 16.5. The number of rotatable bonds is 5. The number of carbonyl (C=O) groups is 2. The molecule has 0 saturated heterocycles. The van der Waals surface area contributed by atoms with Crippen LogP contribution in [-0.4, -0.2) is 44.5 Å². The number of methoxy groups -OCH3 is 1. The maximum atomic E-state index is 11.3. The molecule has 0 saturated carbocycles. The molecule has 0 bridgehead atoms. The molecule has 98 valence electrons. The molecule has 0 atom stereocenters. The first kappa shape index (κ1) is 14.2. The molecule has 0 aliphatic heterocycles. The molecule has 0 spiro atoms. The summed E-state index contributed by atoms with van der Waals surface area (Å²) in [4.78, 5) is 24.1. The maximum Gasteiger partial charge on any atom is 0.337 e. The van der Waals surface area contributed by atoms with Gasteiger partial charge in [-0.05, 0) is 17.7 Å². The predicted octanol–water partition coefficient (Wildman–Crippen LogP) is 0.651. The van der Waals surface area contributed by atoms with E-state index >= 15 is 0 Å². The molecule has 18 heavy (non-hydrogen) atoms. The van der Waals surface area contributed by atoms with E-state index in [1.54, 1.807) is 26.2 Å². The molecular weight excluding hydrogens is 232 g/mol. The van der Waals surface area contributed by atoms with Gasteiger partial charge in [-0.25, -0.2) is 4.79 Å². The number of nitrogens with one attached hydrogen (secondary N) is 1. The number of ether oxygens (including phenoxy) is 1. The first-order chi connectivity index (χ1) is 8.54. The van der Waals surface area contributed by atoms with E-state index < -0.39 is 0 Å². The van der Waals surface area contributed by atoms with Crippen molar-refractivity contribution >= 4 is 11.9 Å². The van der Waals surface area contributed by atoms with Crippen LogP contribution in [0.4, 0.5) is 0 Å². The van der Waals surface area contributed by atoms with Crippen LogP contribution in [0.1, 0.15) is 15.9 Å². The van der Waals surface area contributed by atoms with E-state index in [2.05, 4.69) is 10.1 Å². The van der Waals surface area contributed by atoms with Crippen LogP contribution in [0.2, 0.25) is 0 Å². The van der Waals surface area contributed by atoms with Gasteiger partial charge in [-0.2, -0.15) is 0 Å². The molecule has 1 aromatic rings. The third-order valence-electron chi connectivity index (χ3n) is 2.48. The minimum Gasteiger partial charge on any atom is -0.465 e. The van der Waals surface area contributed by atoms with Crippen molar-refractivity contribution in [3.8, 4) is 0 Å². The number of benzene rings is 1. The highest BCUT2D eigenvalue weighted by Crippen LogP contribution is 2.05. The fourth-order valence-electron chi connectivity index (χ4n) is 1.35. The topological polar surface area (TPSA) is 58.6 Å². The van der Waals surface area contributed by atoms with E-state index in [0.29, 0.717) is 18.7 Å². The molecule has 1 N–H and O–H groups in total. The zero-order valence-corrected chi connectivity index (χ0v) is 10.9. The van der Waals surface area contributed by atoms with Crippen molar-refractivity contribution in [1.82, 2.24) is 10.2 Å². The fraction of sp³-hybridized carbons (Fsp3) is 0.385. The summed E-state index contributed by atoms with van der Waals surface area (Å²) < 4.78 is 4.61. The number of likely N-dealkylation sites (N-methyl/N-ethyl adjacent to an activating group) is 1. The molecule has 0 heterocycles. The zero-order valence-electron chi connectivity index (χ0n) is 10.9. The minimum atomic E-state index is -0.350. The van der Waals surface area contributed by atoms with Gasteiger partial charge in [0, 0.05) is 20.6 Å². The van der Waals surface area contributed by atoms with Crippen LogP contribution in [0.5, 0.6) is 0 Å². The van der Waals surface area contributed by atoms with Crippen molar-refractivity contribution in [2.75, 3.05) is 27.7 Å². The molecule has 0 aromatic heterocycles. The molecule has 0 radical (unpaired) electrons. The van der Waals surface area contributed by atoms with E-state index in [9.17, 15) is 9.59 Å². The van der Waals surface area contributed by atoms with Crippen LogP contribution >= 0.6 is 0 Å². The average molecular weight is 250 g/mol. The Balaban J connectivity index is 2.45. The number of amides is 1. The molecule has 1 rings (SSSR count). The van der Waals surface area contributed by atoms with Crippen molar-refractivity contribution in [3.63, 3.8) is 0 Å². The van der Waals surface area contributed by atoms with Crippen LogP contribution in [-0.2, 0) is 16.1 Å².